The van der Waals surface area contributed by atoms with Crippen LogP contribution in [0.25, 0.3) is 20.6 Å². The first-order valence-corrected chi connectivity index (χ1v) is 4.58. The van der Waals surface area contributed by atoms with Crippen LogP contribution < -0.4 is 0 Å². The van der Waals surface area contributed by atoms with E-state index in [1.54, 1.807) is 6.20 Å². The Balaban J connectivity index is 2.64. The predicted octanol–water partition coefficient (Wildman–Crippen LogP) is 1.63. The summed E-state index contributed by atoms with van der Waals surface area (Å²) in [5.41, 5.74) is 0.843. The Morgan fingerprint density at radius 3 is 3.15 bits per heavy atom. The third-order valence-electron chi connectivity index (χ3n) is 1.81. The normalized spacial score (nSPS) is 11.1. The fourth-order valence-corrected chi connectivity index (χ4v) is 2.17. The summed E-state index contributed by atoms with van der Waals surface area (Å²) in [4.78, 5) is 10.2. The van der Waals surface area contributed by atoms with Crippen molar-refractivity contribution in [2.45, 2.75) is 0 Å². The Bertz CT molecular complexity index is 524. The molecule has 3 aromatic rings. The van der Waals surface area contributed by atoms with Crippen molar-refractivity contribution in [2.75, 3.05) is 0 Å². The first-order chi connectivity index (χ1) is 6.45. The van der Waals surface area contributed by atoms with Crippen LogP contribution in [0.2, 0.25) is 0 Å². The van der Waals surface area contributed by atoms with Gasteiger partial charge in [0.25, 0.3) is 0 Å². The minimum Gasteiger partial charge on any atom is -0.245 e. The van der Waals surface area contributed by atoms with Crippen molar-refractivity contribution in [1.82, 2.24) is 20.2 Å². The Morgan fingerprint density at radius 2 is 2.15 bits per heavy atom. The summed E-state index contributed by atoms with van der Waals surface area (Å²) in [6.45, 7) is 0. The first kappa shape index (κ1) is 6.85. The predicted molar refractivity (Wildman–Crippen MR) is 50.5 cm³/mol. The zero-order chi connectivity index (χ0) is 8.67. The molecule has 0 aromatic carbocycles. The second-order valence-electron chi connectivity index (χ2n) is 2.57. The Kier molecular flexibility index (Phi) is 1.28. The molecule has 0 aliphatic carbocycles. The average molecular weight is 188 g/mol. The van der Waals surface area contributed by atoms with E-state index in [1.807, 2.05) is 12.1 Å². The topological polar surface area (TPSA) is 51.6 Å². The highest BCUT2D eigenvalue weighted by Gasteiger charge is 2.06. The van der Waals surface area contributed by atoms with E-state index < -0.39 is 0 Å². The standard InChI is InChI=1S/C8H4N4S/c1-2-5-6-8(10-4-11-12-6)13-7(5)9-3-1/h1-4H. The molecule has 4 nitrogen and oxygen atoms in total. The van der Waals surface area contributed by atoms with Gasteiger partial charge in [0.2, 0.25) is 0 Å². The summed E-state index contributed by atoms with van der Waals surface area (Å²) in [5, 5.41) is 8.81. The molecule has 0 saturated carbocycles. The molecule has 3 rings (SSSR count). The van der Waals surface area contributed by atoms with Crippen LogP contribution in [0.15, 0.2) is 24.7 Å². The maximum Gasteiger partial charge on any atom is 0.148 e. The molecule has 5 heteroatoms. The summed E-state index contributed by atoms with van der Waals surface area (Å²) in [5.74, 6) is 0. The number of hydrogen-bond acceptors (Lipinski definition) is 5. The molecule has 0 aliphatic rings. The monoisotopic (exact) mass is 188 g/mol. The molecule has 13 heavy (non-hydrogen) atoms. The third kappa shape index (κ3) is 0.905. The number of pyridine rings is 1. The minimum atomic E-state index is 0.843. The molecular formula is C8H4N4S. The van der Waals surface area contributed by atoms with Gasteiger partial charge in [0, 0.05) is 11.6 Å². The van der Waals surface area contributed by atoms with E-state index in [9.17, 15) is 0 Å². The van der Waals surface area contributed by atoms with Gasteiger partial charge in [0.05, 0.1) is 0 Å². The van der Waals surface area contributed by atoms with E-state index in [4.69, 9.17) is 0 Å². The maximum absolute atomic E-state index is 4.23. The lowest BCUT2D eigenvalue weighted by molar-refractivity contribution is 1.03. The molecular weight excluding hydrogens is 184 g/mol. The number of aromatic nitrogens is 4. The van der Waals surface area contributed by atoms with Crippen molar-refractivity contribution in [2.24, 2.45) is 0 Å². The van der Waals surface area contributed by atoms with Gasteiger partial charge in [-0.2, -0.15) is 0 Å². The Hall–Kier alpha value is -1.62. The van der Waals surface area contributed by atoms with Crippen molar-refractivity contribution < 1.29 is 0 Å². The smallest absolute Gasteiger partial charge is 0.148 e. The fraction of sp³-hybridized carbons (Fsp3) is 0. The summed E-state index contributed by atoms with van der Waals surface area (Å²) in [7, 11) is 0. The van der Waals surface area contributed by atoms with Crippen molar-refractivity contribution in [3.63, 3.8) is 0 Å². The highest BCUT2D eigenvalue weighted by Crippen LogP contribution is 2.27. The highest BCUT2D eigenvalue weighted by molar-refractivity contribution is 7.24. The molecule has 0 N–H and O–H groups in total. The molecule has 0 aliphatic heterocycles. The number of fused-ring (bicyclic) bond motifs is 3. The molecule has 0 amide bonds. The largest absolute Gasteiger partial charge is 0.245 e. The van der Waals surface area contributed by atoms with E-state index in [2.05, 4.69) is 20.2 Å². The van der Waals surface area contributed by atoms with E-state index in [-0.39, 0.29) is 0 Å². The SMILES string of the molecule is c1cnc2sc3ncnnc3c2c1. The van der Waals surface area contributed by atoms with E-state index in [0.717, 1.165) is 20.6 Å². The summed E-state index contributed by atoms with van der Waals surface area (Å²) >= 11 is 1.54. The second-order valence-corrected chi connectivity index (χ2v) is 3.55. The number of nitrogens with zero attached hydrogens (tertiary/aromatic N) is 4. The lowest BCUT2D eigenvalue weighted by Gasteiger charge is -1.85. The molecule has 0 atom stereocenters. The molecule has 0 saturated heterocycles. The van der Waals surface area contributed by atoms with Gasteiger partial charge in [0.15, 0.2) is 0 Å². The molecule has 0 fully saturated rings. The van der Waals surface area contributed by atoms with Crippen LogP contribution in [0.5, 0.6) is 0 Å². The molecule has 62 valence electrons. The molecule has 0 radical (unpaired) electrons. The minimum absolute atomic E-state index is 0.843. The van der Waals surface area contributed by atoms with Gasteiger partial charge in [-0.25, -0.2) is 9.97 Å². The number of hydrogen-bond donors (Lipinski definition) is 0. The molecule has 0 bridgehead atoms. The molecule has 0 spiro atoms. The maximum atomic E-state index is 4.23. The van der Waals surface area contributed by atoms with Crippen molar-refractivity contribution in [3.05, 3.63) is 24.7 Å². The second kappa shape index (κ2) is 2.43. The van der Waals surface area contributed by atoms with Gasteiger partial charge in [-0.05, 0) is 12.1 Å². The van der Waals surface area contributed by atoms with E-state index >= 15 is 0 Å². The van der Waals surface area contributed by atoms with Crippen LogP contribution in [0.4, 0.5) is 0 Å². The molecule has 3 aromatic heterocycles. The summed E-state index contributed by atoms with van der Waals surface area (Å²) < 4.78 is 0. The fourth-order valence-electron chi connectivity index (χ4n) is 1.25. The van der Waals surface area contributed by atoms with Crippen LogP contribution in [-0.2, 0) is 0 Å². The molecule has 0 unspecified atom stereocenters. The number of rotatable bonds is 0. The Morgan fingerprint density at radius 1 is 1.15 bits per heavy atom. The van der Waals surface area contributed by atoms with Gasteiger partial charge in [-0.15, -0.1) is 10.2 Å². The van der Waals surface area contributed by atoms with Crippen molar-refractivity contribution >= 4 is 31.9 Å². The number of thiophene rings is 1. The van der Waals surface area contributed by atoms with E-state index in [0.29, 0.717) is 0 Å². The van der Waals surface area contributed by atoms with Crippen LogP contribution in [0.3, 0.4) is 0 Å². The third-order valence-corrected chi connectivity index (χ3v) is 2.82. The van der Waals surface area contributed by atoms with Crippen LogP contribution in [0.1, 0.15) is 0 Å². The van der Waals surface area contributed by atoms with Crippen LogP contribution in [-0.4, -0.2) is 20.2 Å². The zero-order valence-corrected chi connectivity index (χ0v) is 7.32. The summed E-state index contributed by atoms with van der Waals surface area (Å²) in [6.07, 6.45) is 3.23. The summed E-state index contributed by atoms with van der Waals surface area (Å²) in [6, 6.07) is 3.88. The molecule has 3 heterocycles. The Labute approximate surface area is 77.3 Å². The van der Waals surface area contributed by atoms with E-state index in [1.165, 1.54) is 17.7 Å². The highest BCUT2D eigenvalue weighted by atomic mass is 32.1. The van der Waals surface area contributed by atoms with Gasteiger partial charge >= 0.3 is 0 Å². The first-order valence-electron chi connectivity index (χ1n) is 3.76. The van der Waals surface area contributed by atoms with Gasteiger partial charge < -0.3 is 0 Å². The quantitative estimate of drug-likeness (QED) is 0.538. The van der Waals surface area contributed by atoms with Gasteiger partial charge in [-0.1, -0.05) is 11.3 Å². The van der Waals surface area contributed by atoms with Gasteiger partial charge in [0.1, 0.15) is 21.5 Å². The lowest BCUT2D eigenvalue weighted by atomic mass is 10.3. The van der Waals surface area contributed by atoms with Crippen LogP contribution in [0, 0.1) is 0 Å². The van der Waals surface area contributed by atoms with Crippen molar-refractivity contribution in [1.29, 1.82) is 0 Å². The van der Waals surface area contributed by atoms with Crippen LogP contribution >= 0.6 is 11.3 Å². The average Bonchev–Trinajstić information content (AvgIpc) is 2.56. The zero-order valence-electron chi connectivity index (χ0n) is 6.51. The van der Waals surface area contributed by atoms with Crippen molar-refractivity contribution in [3.8, 4) is 0 Å². The lowest BCUT2D eigenvalue weighted by Crippen LogP contribution is -1.81. The van der Waals surface area contributed by atoms with Gasteiger partial charge in [-0.3, -0.25) is 0 Å².